The molecule has 0 radical (unpaired) electrons. The summed E-state index contributed by atoms with van der Waals surface area (Å²) >= 11 is 0. The minimum atomic E-state index is -1.04. The summed E-state index contributed by atoms with van der Waals surface area (Å²) in [5.74, 6) is -3.61. The van der Waals surface area contributed by atoms with E-state index in [4.69, 9.17) is 4.74 Å². The molecular formula is C31H29F3N4O4. The molecule has 3 aromatic carbocycles. The van der Waals surface area contributed by atoms with Crippen molar-refractivity contribution in [1.29, 1.82) is 0 Å². The van der Waals surface area contributed by atoms with E-state index in [1.807, 2.05) is 0 Å². The van der Waals surface area contributed by atoms with Gasteiger partial charge in [-0.1, -0.05) is 25.0 Å². The predicted octanol–water partition coefficient (Wildman–Crippen LogP) is 5.86. The molecule has 0 unspecified atom stereocenters. The van der Waals surface area contributed by atoms with E-state index in [0.717, 1.165) is 42.7 Å². The number of nitrogens with zero attached hydrogens (tertiary/aromatic N) is 2. The van der Waals surface area contributed by atoms with Crippen molar-refractivity contribution in [2.24, 2.45) is 0 Å². The summed E-state index contributed by atoms with van der Waals surface area (Å²) in [4.78, 5) is 45.2. The first-order valence-corrected chi connectivity index (χ1v) is 13.5. The minimum absolute atomic E-state index is 0.0537. The van der Waals surface area contributed by atoms with Crippen molar-refractivity contribution in [3.8, 4) is 11.5 Å². The van der Waals surface area contributed by atoms with Crippen LogP contribution in [-0.4, -0.2) is 58.7 Å². The number of amides is 3. The maximum atomic E-state index is 14.3. The highest BCUT2D eigenvalue weighted by Gasteiger charge is 2.28. The van der Waals surface area contributed by atoms with Gasteiger partial charge >= 0.3 is 0 Å². The van der Waals surface area contributed by atoms with Crippen LogP contribution in [0.2, 0.25) is 0 Å². The van der Waals surface area contributed by atoms with Crippen LogP contribution in [0.4, 0.5) is 18.9 Å². The van der Waals surface area contributed by atoms with Crippen LogP contribution in [0.25, 0.3) is 10.9 Å². The molecule has 0 atom stereocenters. The maximum absolute atomic E-state index is 14.3. The molecule has 8 nitrogen and oxygen atoms in total. The first-order valence-electron chi connectivity index (χ1n) is 13.5. The summed E-state index contributed by atoms with van der Waals surface area (Å²) in [6.07, 6.45) is 3.82. The molecule has 4 aromatic rings. The summed E-state index contributed by atoms with van der Waals surface area (Å²) < 4.78 is 46.4. The molecule has 3 amide bonds. The molecule has 0 saturated heterocycles. The average molecular weight is 579 g/mol. The summed E-state index contributed by atoms with van der Waals surface area (Å²) in [7, 11) is 1.70. The summed E-state index contributed by atoms with van der Waals surface area (Å²) in [5, 5.41) is 3.18. The van der Waals surface area contributed by atoms with Crippen molar-refractivity contribution in [3.05, 3.63) is 89.9 Å². The van der Waals surface area contributed by atoms with Crippen molar-refractivity contribution in [3.63, 3.8) is 0 Å². The number of aromatic amines is 1. The predicted molar refractivity (Wildman–Crippen MR) is 151 cm³/mol. The second-order valence-corrected chi connectivity index (χ2v) is 10.2. The number of carbonyl (C=O) groups excluding carboxylic acids is 3. The molecule has 5 rings (SSSR count). The molecule has 42 heavy (non-hydrogen) atoms. The molecule has 1 fully saturated rings. The fourth-order valence-electron chi connectivity index (χ4n) is 5.03. The lowest BCUT2D eigenvalue weighted by Gasteiger charge is -2.28. The van der Waals surface area contributed by atoms with Gasteiger partial charge < -0.3 is 24.8 Å². The van der Waals surface area contributed by atoms with Crippen molar-refractivity contribution < 1.29 is 32.3 Å². The maximum Gasteiger partial charge on any atom is 0.271 e. The number of para-hydroxylation sites is 1. The third-order valence-corrected chi connectivity index (χ3v) is 7.31. The van der Waals surface area contributed by atoms with Crippen LogP contribution in [0.1, 0.15) is 36.2 Å². The van der Waals surface area contributed by atoms with Crippen molar-refractivity contribution in [2.75, 3.05) is 25.5 Å². The van der Waals surface area contributed by atoms with E-state index in [0.29, 0.717) is 16.8 Å². The van der Waals surface area contributed by atoms with Crippen LogP contribution in [0, 0.1) is 17.5 Å². The third-order valence-electron chi connectivity index (χ3n) is 7.31. The number of rotatable bonds is 9. The van der Waals surface area contributed by atoms with Crippen LogP contribution in [0.5, 0.6) is 11.5 Å². The van der Waals surface area contributed by atoms with Crippen molar-refractivity contribution >= 4 is 34.3 Å². The number of fused-ring (bicyclic) bond motifs is 1. The smallest absolute Gasteiger partial charge is 0.271 e. The first kappa shape index (κ1) is 28.7. The van der Waals surface area contributed by atoms with Gasteiger partial charge in [-0.05, 0) is 61.4 Å². The second kappa shape index (κ2) is 12.4. The Morgan fingerprint density at radius 1 is 0.881 bits per heavy atom. The zero-order valence-corrected chi connectivity index (χ0v) is 22.8. The highest BCUT2D eigenvalue weighted by atomic mass is 19.2. The van der Waals surface area contributed by atoms with E-state index in [1.54, 1.807) is 30.1 Å². The standard InChI is InChI=1S/C31H29F3N4O4/c1-37(21-6-2-3-7-21)29(40)18-38(31(41)27-15-19-5-4-8-25(33)30(19)36-27)17-28(39)35-20-9-11-22(12-10-20)42-23-13-14-24(32)26(34)16-23/h4-5,8-16,21,36H,2-3,6-7,17-18H2,1H3,(H,35,39). The van der Waals surface area contributed by atoms with Gasteiger partial charge in [0.05, 0.1) is 5.52 Å². The Bertz CT molecular complexity index is 1620. The number of ether oxygens (including phenoxy) is 1. The Kier molecular flexibility index (Phi) is 8.46. The van der Waals surface area contributed by atoms with Gasteiger partial charge in [0.1, 0.15) is 36.1 Å². The quantitative estimate of drug-likeness (QED) is 0.260. The number of hydrogen-bond acceptors (Lipinski definition) is 4. The van der Waals surface area contributed by atoms with Crippen LogP contribution in [-0.2, 0) is 9.59 Å². The Labute approximate surface area is 240 Å². The molecule has 1 heterocycles. The SMILES string of the molecule is CN(C(=O)CN(CC(=O)Nc1ccc(Oc2ccc(F)c(F)c2)cc1)C(=O)c1cc2cccc(F)c2[nH]1)C1CCCC1. The van der Waals surface area contributed by atoms with Gasteiger partial charge in [0.15, 0.2) is 11.6 Å². The lowest BCUT2D eigenvalue weighted by molar-refractivity contribution is -0.132. The van der Waals surface area contributed by atoms with E-state index in [-0.39, 0.29) is 35.5 Å². The number of halogens is 3. The highest BCUT2D eigenvalue weighted by Crippen LogP contribution is 2.25. The zero-order valence-electron chi connectivity index (χ0n) is 22.8. The van der Waals surface area contributed by atoms with Crippen LogP contribution >= 0.6 is 0 Å². The van der Waals surface area contributed by atoms with Gasteiger partial charge in [0.25, 0.3) is 5.91 Å². The van der Waals surface area contributed by atoms with Gasteiger partial charge in [0.2, 0.25) is 11.8 Å². The molecule has 1 saturated carbocycles. The van der Waals surface area contributed by atoms with Gasteiger partial charge in [-0.2, -0.15) is 0 Å². The number of anilines is 1. The number of hydrogen-bond donors (Lipinski definition) is 2. The summed E-state index contributed by atoms with van der Waals surface area (Å²) in [5.41, 5.74) is 0.593. The number of benzene rings is 3. The molecule has 1 aliphatic rings. The molecule has 2 N–H and O–H groups in total. The first-order chi connectivity index (χ1) is 20.2. The molecule has 0 spiro atoms. The molecule has 1 aromatic heterocycles. The molecular weight excluding hydrogens is 549 g/mol. The number of likely N-dealkylation sites (N-methyl/N-ethyl adjacent to an activating group) is 1. The number of H-pyrrole nitrogens is 1. The van der Waals surface area contributed by atoms with E-state index < -0.39 is 35.8 Å². The third kappa shape index (κ3) is 6.56. The largest absolute Gasteiger partial charge is 0.457 e. The molecule has 0 aliphatic heterocycles. The Morgan fingerprint density at radius 2 is 1.60 bits per heavy atom. The minimum Gasteiger partial charge on any atom is -0.457 e. The van der Waals surface area contributed by atoms with Crippen molar-refractivity contribution in [1.82, 2.24) is 14.8 Å². The van der Waals surface area contributed by atoms with E-state index in [2.05, 4.69) is 10.3 Å². The fourth-order valence-corrected chi connectivity index (χ4v) is 5.03. The monoisotopic (exact) mass is 578 g/mol. The van der Waals surface area contributed by atoms with E-state index in [9.17, 15) is 27.6 Å². The number of aromatic nitrogens is 1. The van der Waals surface area contributed by atoms with E-state index >= 15 is 0 Å². The molecule has 1 aliphatic carbocycles. The lowest BCUT2D eigenvalue weighted by atomic mass is 10.2. The number of carbonyl (C=O) groups is 3. The van der Waals surface area contributed by atoms with Gasteiger partial charge in [-0.3, -0.25) is 14.4 Å². The molecule has 0 bridgehead atoms. The molecule has 218 valence electrons. The average Bonchev–Trinajstić information content (AvgIpc) is 3.66. The van der Waals surface area contributed by atoms with E-state index in [1.165, 1.54) is 36.4 Å². The second-order valence-electron chi connectivity index (χ2n) is 10.2. The van der Waals surface area contributed by atoms with Gasteiger partial charge in [-0.15, -0.1) is 0 Å². The molecule has 11 heteroatoms. The van der Waals surface area contributed by atoms with Crippen molar-refractivity contribution in [2.45, 2.75) is 31.7 Å². The van der Waals surface area contributed by atoms with Gasteiger partial charge in [-0.25, -0.2) is 13.2 Å². The summed E-state index contributed by atoms with van der Waals surface area (Å²) in [6.45, 7) is -0.772. The Morgan fingerprint density at radius 3 is 2.29 bits per heavy atom. The fraction of sp³-hybridized carbons (Fsp3) is 0.258. The van der Waals surface area contributed by atoms with Crippen LogP contribution in [0.15, 0.2) is 66.7 Å². The topological polar surface area (TPSA) is 94.7 Å². The Balaban J connectivity index is 1.29. The highest BCUT2D eigenvalue weighted by molar-refractivity contribution is 6.02. The Hall–Kier alpha value is -4.80. The number of nitrogens with one attached hydrogen (secondary N) is 2. The zero-order chi connectivity index (χ0) is 29.8. The summed E-state index contributed by atoms with van der Waals surface area (Å²) in [6, 6.07) is 15.3. The van der Waals surface area contributed by atoms with Crippen LogP contribution < -0.4 is 10.1 Å². The lowest BCUT2D eigenvalue weighted by Crippen LogP contribution is -2.47. The van der Waals surface area contributed by atoms with Crippen LogP contribution in [0.3, 0.4) is 0 Å². The normalized spacial score (nSPS) is 13.2. The van der Waals surface area contributed by atoms with Gasteiger partial charge in [0, 0.05) is 30.2 Å².